The molecule has 0 fully saturated rings. The molecule has 0 heterocycles. The highest BCUT2D eigenvalue weighted by Crippen LogP contribution is 2.24. The van der Waals surface area contributed by atoms with Crippen LogP contribution in [0.4, 0.5) is 0 Å². The third-order valence-electron chi connectivity index (χ3n) is 3.44. The Kier molecular flexibility index (Phi) is 5.83. The van der Waals surface area contributed by atoms with Gasteiger partial charge in [0.25, 0.3) is 0 Å². The van der Waals surface area contributed by atoms with E-state index in [9.17, 15) is 8.42 Å². The molecule has 5 heteroatoms. The Hall–Kier alpha value is -0.580. The summed E-state index contributed by atoms with van der Waals surface area (Å²) in [6, 6.07) is 6.32. The van der Waals surface area contributed by atoms with Crippen molar-refractivity contribution in [2.75, 3.05) is 0 Å². The molecule has 1 rings (SSSR count). The van der Waals surface area contributed by atoms with Gasteiger partial charge in [-0.15, -0.1) is 0 Å². The van der Waals surface area contributed by atoms with E-state index in [4.69, 9.17) is 11.6 Å². The molecule has 0 saturated carbocycles. The van der Waals surface area contributed by atoms with Gasteiger partial charge in [0.15, 0.2) is 0 Å². The first kappa shape index (κ1) is 16.5. The lowest BCUT2D eigenvalue weighted by Gasteiger charge is -2.32. The topological polar surface area (TPSA) is 37.4 Å². The first-order valence-electron chi connectivity index (χ1n) is 6.63. The number of hydrogen-bond donors (Lipinski definition) is 0. The molecule has 0 aliphatic heterocycles. The molecule has 0 aliphatic carbocycles. The summed E-state index contributed by atoms with van der Waals surface area (Å²) in [5.41, 5.74) is 0. The summed E-state index contributed by atoms with van der Waals surface area (Å²) in [6.07, 6.45) is 1.58. The zero-order chi connectivity index (χ0) is 14.6. The summed E-state index contributed by atoms with van der Waals surface area (Å²) in [6.45, 7) is 7.88. The third-order valence-corrected chi connectivity index (χ3v) is 5.83. The molecule has 3 nitrogen and oxygen atoms in total. The van der Waals surface area contributed by atoms with Gasteiger partial charge < -0.3 is 0 Å². The number of rotatable bonds is 6. The van der Waals surface area contributed by atoms with Gasteiger partial charge in [-0.2, -0.15) is 4.31 Å². The van der Waals surface area contributed by atoms with Crippen molar-refractivity contribution in [3.05, 3.63) is 29.3 Å². The molecular weight excluding hydrogens is 282 g/mol. The van der Waals surface area contributed by atoms with Crippen LogP contribution in [0.5, 0.6) is 0 Å². The van der Waals surface area contributed by atoms with Crippen molar-refractivity contribution in [2.24, 2.45) is 0 Å². The van der Waals surface area contributed by atoms with E-state index in [2.05, 4.69) is 0 Å². The summed E-state index contributed by atoms with van der Waals surface area (Å²) in [4.78, 5) is 0.303. The SMILES string of the molecule is CC[C@H](C)N([C@@H](C)CC)S(=O)(=O)c1ccc(Cl)cc1. The lowest BCUT2D eigenvalue weighted by atomic mass is 10.2. The zero-order valence-electron chi connectivity index (χ0n) is 11.9. The number of sulfonamides is 1. The lowest BCUT2D eigenvalue weighted by molar-refractivity contribution is 0.262. The van der Waals surface area contributed by atoms with Crippen LogP contribution >= 0.6 is 11.6 Å². The fourth-order valence-corrected chi connectivity index (χ4v) is 4.09. The monoisotopic (exact) mass is 303 g/mol. The van der Waals surface area contributed by atoms with Crippen LogP contribution in [0.3, 0.4) is 0 Å². The van der Waals surface area contributed by atoms with Crippen LogP contribution in [0.2, 0.25) is 5.02 Å². The summed E-state index contributed by atoms with van der Waals surface area (Å²) < 4.78 is 27.1. The summed E-state index contributed by atoms with van der Waals surface area (Å²) in [7, 11) is -3.47. The summed E-state index contributed by atoms with van der Waals surface area (Å²) in [5, 5.41) is 0.539. The summed E-state index contributed by atoms with van der Waals surface area (Å²) >= 11 is 5.81. The fraction of sp³-hybridized carbons (Fsp3) is 0.571. The van der Waals surface area contributed by atoms with Crippen LogP contribution < -0.4 is 0 Å². The summed E-state index contributed by atoms with van der Waals surface area (Å²) in [5.74, 6) is 0. The van der Waals surface area contributed by atoms with Gasteiger partial charge in [0.1, 0.15) is 0 Å². The second-order valence-corrected chi connectivity index (χ2v) is 7.08. The maximum absolute atomic E-state index is 12.7. The van der Waals surface area contributed by atoms with Crippen molar-refractivity contribution in [1.29, 1.82) is 0 Å². The highest BCUT2D eigenvalue weighted by atomic mass is 35.5. The number of hydrogen-bond acceptors (Lipinski definition) is 2. The second kappa shape index (κ2) is 6.73. The van der Waals surface area contributed by atoms with Gasteiger partial charge in [-0.3, -0.25) is 0 Å². The molecule has 0 amide bonds. The van der Waals surface area contributed by atoms with E-state index in [1.54, 1.807) is 28.6 Å². The van der Waals surface area contributed by atoms with E-state index in [0.29, 0.717) is 9.92 Å². The van der Waals surface area contributed by atoms with Crippen molar-refractivity contribution in [1.82, 2.24) is 4.31 Å². The molecule has 0 aromatic heterocycles. The van der Waals surface area contributed by atoms with E-state index < -0.39 is 10.0 Å². The van der Waals surface area contributed by atoms with Gasteiger partial charge in [-0.25, -0.2) is 8.42 Å². The average Bonchev–Trinajstić information content (AvgIpc) is 2.38. The Morgan fingerprint density at radius 1 is 1.05 bits per heavy atom. The molecule has 0 aliphatic rings. The van der Waals surface area contributed by atoms with Gasteiger partial charge in [0.2, 0.25) is 10.0 Å². The predicted molar refractivity (Wildman–Crippen MR) is 80.0 cm³/mol. The van der Waals surface area contributed by atoms with Gasteiger partial charge in [0, 0.05) is 17.1 Å². The Balaban J connectivity index is 3.23. The largest absolute Gasteiger partial charge is 0.243 e. The highest BCUT2D eigenvalue weighted by molar-refractivity contribution is 7.89. The van der Waals surface area contributed by atoms with E-state index in [1.165, 1.54) is 0 Å². The van der Waals surface area contributed by atoms with Crippen LogP contribution in [0.15, 0.2) is 29.2 Å². The molecule has 1 aromatic rings. The Morgan fingerprint density at radius 2 is 1.47 bits per heavy atom. The molecule has 0 spiro atoms. The van der Waals surface area contributed by atoms with Crippen molar-refractivity contribution < 1.29 is 8.42 Å². The van der Waals surface area contributed by atoms with Crippen LogP contribution in [0.1, 0.15) is 40.5 Å². The molecule has 2 atom stereocenters. The highest BCUT2D eigenvalue weighted by Gasteiger charge is 2.31. The van der Waals surface area contributed by atoms with Crippen LogP contribution in [0, 0.1) is 0 Å². The molecule has 0 saturated heterocycles. The second-order valence-electron chi connectivity index (χ2n) is 4.80. The Bertz CT molecular complexity index is 489. The van der Waals surface area contributed by atoms with Gasteiger partial charge in [-0.1, -0.05) is 25.4 Å². The molecular formula is C14H22ClNO2S. The molecule has 0 N–H and O–H groups in total. The molecule has 0 unspecified atom stereocenters. The normalized spacial score (nSPS) is 15.5. The lowest BCUT2D eigenvalue weighted by Crippen LogP contribution is -2.44. The van der Waals surface area contributed by atoms with Crippen molar-refractivity contribution in [3.63, 3.8) is 0 Å². The van der Waals surface area contributed by atoms with Gasteiger partial charge in [0.05, 0.1) is 4.90 Å². The maximum Gasteiger partial charge on any atom is 0.243 e. The third kappa shape index (κ3) is 3.71. The first-order valence-corrected chi connectivity index (χ1v) is 8.45. The molecule has 1 aromatic carbocycles. The number of benzene rings is 1. The predicted octanol–water partition coefficient (Wildman–Crippen LogP) is 3.93. The standard InChI is InChI=1S/C14H22ClNO2S/c1-5-11(3)16(12(4)6-2)19(17,18)14-9-7-13(15)8-10-14/h7-12H,5-6H2,1-4H3/t11-,12-/m0/s1. The van der Waals surface area contributed by atoms with E-state index in [1.807, 2.05) is 27.7 Å². The zero-order valence-corrected chi connectivity index (χ0v) is 13.5. The van der Waals surface area contributed by atoms with E-state index in [0.717, 1.165) is 12.8 Å². The average molecular weight is 304 g/mol. The quantitative estimate of drug-likeness (QED) is 0.798. The Labute approximate surface area is 121 Å². The molecule has 0 radical (unpaired) electrons. The fourth-order valence-electron chi connectivity index (χ4n) is 2.00. The number of nitrogens with zero attached hydrogens (tertiary/aromatic N) is 1. The minimum Gasteiger partial charge on any atom is -0.207 e. The van der Waals surface area contributed by atoms with Crippen molar-refractivity contribution in [2.45, 2.75) is 57.5 Å². The first-order chi connectivity index (χ1) is 8.84. The maximum atomic E-state index is 12.7. The van der Waals surface area contributed by atoms with Crippen LogP contribution in [-0.2, 0) is 10.0 Å². The van der Waals surface area contributed by atoms with Gasteiger partial charge >= 0.3 is 0 Å². The minimum atomic E-state index is -3.47. The minimum absolute atomic E-state index is 0.0179. The molecule has 19 heavy (non-hydrogen) atoms. The van der Waals surface area contributed by atoms with Crippen LogP contribution in [0.25, 0.3) is 0 Å². The van der Waals surface area contributed by atoms with Crippen molar-refractivity contribution >= 4 is 21.6 Å². The van der Waals surface area contributed by atoms with Crippen LogP contribution in [-0.4, -0.2) is 24.8 Å². The van der Waals surface area contributed by atoms with Crippen molar-refractivity contribution in [3.8, 4) is 0 Å². The molecule has 0 bridgehead atoms. The number of halogens is 1. The van der Waals surface area contributed by atoms with E-state index in [-0.39, 0.29) is 12.1 Å². The Morgan fingerprint density at radius 3 is 1.84 bits per heavy atom. The smallest absolute Gasteiger partial charge is 0.207 e. The molecule has 108 valence electrons. The van der Waals surface area contributed by atoms with Gasteiger partial charge in [-0.05, 0) is 51.0 Å². The van der Waals surface area contributed by atoms with E-state index >= 15 is 0 Å².